The lowest BCUT2D eigenvalue weighted by Gasteiger charge is -2.12. The fourth-order valence-electron chi connectivity index (χ4n) is 2.89. The van der Waals surface area contributed by atoms with Gasteiger partial charge in [-0.25, -0.2) is 17.7 Å². The zero-order chi connectivity index (χ0) is 23.0. The van der Waals surface area contributed by atoms with Gasteiger partial charge in [0.25, 0.3) is 0 Å². The van der Waals surface area contributed by atoms with Gasteiger partial charge >= 0.3 is 6.18 Å². The van der Waals surface area contributed by atoms with Crippen LogP contribution in [0.4, 0.5) is 18.9 Å². The highest BCUT2D eigenvalue weighted by Crippen LogP contribution is 2.32. The maximum atomic E-state index is 13.5. The summed E-state index contributed by atoms with van der Waals surface area (Å²) < 4.78 is 67.0. The van der Waals surface area contributed by atoms with Gasteiger partial charge in [-0.05, 0) is 42.5 Å². The Morgan fingerprint density at radius 2 is 1.81 bits per heavy atom. The third-order valence-corrected chi connectivity index (χ3v) is 6.51. The summed E-state index contributed by atoms with van der Waals surface area (Å²) in [6.45, 7) is -0.301. The molecule has 0 saturated carbocycles. The van der Waals surface area contributed by atoms with Crippen LogP contribution in [0.3, 0.4) is 0 Å². The molecule has 3 rings (SSSR count). The Labute approximate surface area is 181 Å². The zero-order valence-corrected chi connectivity index (χ0v) is 18.0. The second-order valence-corrected chi connectivity index (χ2v) is 9.42. The van der Waals surface area contributed by atoms with E-state index < -0.39 is 27.9 Å². The molecule has 166 valence electrons. The molecule has 0 aliphatic heterocycles. The van der Waals surface area contributed by atoms with Crippen LogP contribution in [0.15, 0.2) is 47.4 Å². The van der Waals surface area contributed by atoms with Gasteiger partial charge in [0.15, 0.2) is 0 Å². The number of hydrogen-bond acceptors (Lipinski definition) is 4. The number of sulfonamides is 1. The van der Waals surface area contributed by atoms with E-state index in [1.165, 1.54) is 26.2 Å². The standard InChI is InChI=1S/C19H18ClF3N4O3S/c1-26(2)31(29,30)14-7-8-16-15(11-14)25-18(19(21,22)23)27(16)10-9-17(28)24-13-5-3-12(20)4-6-13/h3-8,11H,9-10H2,1-2H3,(H,24,28). The number of aryl methyl sites for hydroxylation is 1. The highest BCUT2D eigenvalue weighted by Gasteiger charge is 2.38. The molecule has 0 atom stereocenters. The molecule has 0 spiro atoms. The second kappa shape index (κ2) is 8.48. The number of hydrogen-bond donors (Lipinski definition) is 1. The molecule has 0 aliphatic rings. The van der Waals surface area contributed by atoms with Crippen LogP contribution in [0.2, 0.25) is 5.02 Å². The summed E-state index contributed by atoms with van der Waals surface area (Å²) in [6.07, 6.45) is -5.04. The van der Waals surface area contributed by atoms with Gasteiger partial charge in [0, 0.05) is 37.8 Å². The van der Waals surface area contributed by atoms with Gasteiger partial charge in [0.2, 0.25) is 21.8 Å². The molecule has 1 N–H and O–H groups in total. The van der Waals surface area contributed by atoms with Crippen molar-refractivity contribution in [3.05, 3.63) is 53.3 Å². The van der Waals surface area contributed by atoms with E-state index in [0.29, 0.717) is 10.7 Å². The van der Waals surface area contributed by atoms with E-state index in [2.05, 4.69) is 10.3 Å². The van der Waals surface area contributed by atoms with Crippen molar-refractivity contribution in [2.75, 3.05) is 19.4 Å². The van der Waals surface area contributed by atoms with Crippen molar-refractivity contribution in [3.8, 4) is 0 Å². The van der Waals surface area contributed by atoms with E-state index >= 15 is 0 Å². The van der Waals surface area contributed by atoms with E-state index in [0.717, 1.165) is 14.9 Å². The molecule has 0 fully saturated rings. The first kappa shape index (κ1) is 23.0. The van der Waals surface area contributed by atoms with Crippen molar-refractivity contribution in [1.29, 1.82) is 0 Å². The smallest absolute Gasteiger partial charge is 0.326 e. The van der Waals surface area contributed by atoms with Gasteiger partial charge in [-0.2, -0.15) is 13.2 Å². The molecule has 0 saturated heterocycles. The molecular formula is C19H18ClF3N4O3S. The van der Waals surface area contributed by atoms with Gasteiger partial charge in [0.1, 0.15) is 0 Å². The third kappa shape index (κ3) is 5.00. The van der Waals surface area contributed by atoms with Crippen molar-refractivity contribution >= 4 is 44.3 Å². The first-order valence-corrected chi connectivity index (χ1v) is 10.8. The maximum absolute atomic E-state index is 13.5. The summed E-state index contributed by atoms with van der Waals surface area (Å²) >= 11 is 5.78. The molecule has 0 unspecified atom stereocenters. The largest absolute Gasteiger partial charge is 0.449 e. The summed E-state index contributed by atoms with van der Waals surface area (Å²) in [5.41, 5.74) is 0.400. The molecule has 1 amide bonds. The van der Waals surface area contributed by atoms with Crippen LogP contribution in [0.25, 0.3) is 11.0 Å². The Bertz CT molecular complexity index is 1220. The highest BCUT2D eigenvalue weighted by molar-refractivity contribution is 7.89. The quantitative estimate of drug-likeness (QED) is 0.585. The Morgan fingerprint density at radius 3 is 2.39 bits per heavy atom. The molecule has 1 aromatic heterocycles. The predicted molar refractivity (Wildman–Crippen MR) is 110 cm³/mol. The van der Waals surface area contributed by atoms with Gasteiger partial charge in [-0.15, -0.1) is 0 Å². The Kier molecular flexibility index (Phi) is 6.30. The van der Waals surface area contributed by atoms with Crippen LogP contribution in [0, 0.1) is 0 Å². The van der Waals surface area contributed by atoms with E-state index in [9.17, 15) is 26.4 Å². The number of aromatic nitrogens is 2. The summed E-state index contributed by atoms with van der Waals surface area (Å²) in [6, 6.07) is 9.84. The Hall–Kier alpha value is -2.63. The van der Waals surface area contributed by atoms with Crippen LogP contribution in [0.1, 0.15) is 12.2 Å². The van der Waals surface area contributed by atoms with Crippen molar-refractivity contribution in [2.24, 2.45) is 0 Å². The number of rotatable bonds is 6. The van der Waals surface area contributed by atoms with Crippen LogP contribution in [-0.4, -0.2) is 42.3 Å². The van der Waals surface area contributed by atoms with Crippen molar-refractivity contribution in [3.63, 3.8) is 0 Å². The Balaban J connectivity index is 1.91. The SMILES string of the molecule is CN(C)S(=O)(=O)c1ccc2c(c1)nc(C(F)(F)F)n2CCC(=O)Nc1ccc(Cl)cc1. The van der Waals surface area contributed by atoms with Gasteiger partial charge in [0.05, 0.1) is 15.9 Å². The predicted octanol–water partition coefficient (Wildman–Crippen LogP) is 3.99. The van der Waals surface area contributed by atoms with E-state index in [4.69, 9.17) is 11.6 Å². The van der Waals surface area contributed by atoms with E-state index in [1.807, 2.05) is 0 Å². The number of nitrogens with one attached hydrogen (secondary N) is 1. The first-order chi connectivity index (χ1) is 14.4. The summed E-state index contributed by atoms with van der Waals surface area (Å²) in [5.74, 6) is -1.70. The van der Waals surface area contributed by atoms with E-state index in [1.54, 1.807) is 24.3 Å². The number of carbonyl (C=O) groups excluding carboxylic acids is 1. The van der Waals surface area contributed by atoms with E-state index in [-0.39, 0.29) is 28.9 Å². The molecule has 31 heavy (non-hydrogen) atoms. The fourth-order valence-corrected chi connectivity index (χ4v) is 3.94. The number of benzene rings is 2. The second-order valence-electron chi connectivity index (χ2n) is 6.83. The highest BCUT2D eigenvalue weighted by atomic mass is 35.5. The lowest BCUT2D eigenvalue weighted by Crippen LogP contribution is -2.22. The average molecular weight is 475 g/mol. The number of anilines is 1. The number of carbonyl (C=O) groups is 1. The lowest BCUT2D eigenvalue weighted by molar-refractivity contribution is -0.147. The van der Waals surface area contributed by atoms with Crippen LogP contribution < -0.4 is 5.32 Å². The number of amides is 1. The van der Waals surface area contributed by atoms with Gasteiger partial charge in [-0.3, -0.25) is 4.79 Å². The van der Waals surface area contributed by atoms with Gasteiger partial charge in [-0.1, -0.05) is 11.6 Å². The number of nitrogens with zero attached hydrogens (tertiary/aromatic N) is 3. The average Bonchev–Trinajstić information content (AvgIpc) is 3.06. The van der Waals surface area contributed by atoms with Crippen LogP contribution >= 0.6 is 11.6 Å². The normalized spacial score (nSPS) is 12.5. The minimum Gasteiger partial charge on any atom is -0.326 e. The molecular weight excluding hydrogens is 457 g/mol. The maximum Gasteiger partial charge on any atom is 0.449 e. The molecule has 1 heterocycles. The topological polar surface area (TPSA) is 84.3 Å². The molecule has 0 bridgehead atoms. The van der Waals surface area contributed by atoms with Gasteiger partial charge < -0.3 is 9.88 Å². The fraction of sp³-hybridized carbons (Fsp3) is 0.263. The minimum absolute atomic E-state index is 0.0734. The summed E-state index contributed by atoms with van der Waals surface area (Å²) in [4.78, 5) is 15.6. The Morgan fingerprint density at radius 1 is 1.16 bits per heavy atom. The molecule has 7 nitrogen and oxygen atoms in total. The van der Waals surface area contributed by atoms with Crippen LogP contribution in [-0.2, 0) is 27.5 Å². The zero-order valence-electron chi connectivity index (χ0n) is 16.4. The lowest BCUT2D eigenvalue weighted by atomic mass is 10.3. The minimum atomic E-state index is -4.79. The monoisotopic (exact) mass is 474 g/mol. The number of imidazole rings is 1. The summed E-state index contributed by atoms with van der Waals surface area (Å²) in [7, 11) is -1.21. The molecule has 0 aliphatic carbocycles. The third-order valence-electron chi connectivity index (χ3n) is 4.44. The van der Waals surface area contributed by atoms with Crippen molar-refractivity contribution in [1.82, 2.24) is 13.9 Å². The molecule has 3 aromatic rings. The van der Waals surface area contributed by atoms with Crippen molar-refractivity contribution in [2.45, 2.75) is 24.0 Å². The molecule has 2 aromatic carbocycles. The molecule has 0 radical (unpaired) electrons. The number of alkyl halides is 3. The van der Waals surface area contributed by atoms with Crippen molar-refractivity contribution < 1.29 is 26.4 Å². The first-order valence-electron chi connectivity index (χ1n) is 8.95. The summed E-state index contributed by atoms with van der Waals surface area (Å²) in [5, 5.41) is 3.06. The number of fused-ring (bicyclic) bond motifs is 1. The number of halogens is 4. The van der Waals surface area contributed by atoms with Crippen LogP contribution in [0.5, 0.6) is 0 Å². The molecule has 12 heteroatoms.